The topological polar surface area (TPSA) is 41.1 Å². The van der Waals surface area contributed by atoms with Crippen molar-refractivity contribution in [2.75, 3.05) is 19.7 Å². The van der Waals surface area contributed by atoms with Crippen LogP contribution in [0.1, 0.15) is 33.7 Å². The summed E-state index contributed by atoms with van der Waals surface area (Å²) in [6.07, 6.45) is 7.21. The van der Waals surface area contributed by atoms with E-state index < -0.39 is 0 Å². The second-order valence-corrected chi connectivity index (χ2v) is 7.51. The zero-order chi connectivity index (χ0) is 14.3. The molecular formula is C16H21N3OS. The molecule has 1 N–H and O–H groups in total. The summed E-state index contributed by atoms with van der Waals surface area (Å²) in [6.45, 7) is 6.28. The van der Waals surface area contributed by atoms with Crippen molar-refractivity contribution in [2.45, 2.75) is 38.3 Å². The number of H-pyrrole nitrogens is 1. The molecule has 2 aliphatic heterocycles. The molecule has 4 nitrogen and oxygen atoms in total. The summed E-state index contributed by atoms with van der Waals surface area (Å²) in [7, 11) is 0. The molecule has 2 aromatic rings. The maximum Gasteiger partial charge on any atom is 0.0966 e. The molecule has 1 spiro atoms. The van der Waals surface area contributed by atoms with Gasteiger partial charge in [-0.2, -0.15) is 5.10 Å². The molecule has 5 heteroatoms. The van der Waals surface area contributed by atoms with E-state index in [0.717, 1.165) is 45.5 Å². The first-order valence-electron chi connectivity index (χ1n) is 7.69. The Balaban J connectivity index is 1.49. The van der Waals surface area contributed by atoms with Gasteiger partial charge in [0.15, 0.2) is 0 Å². The molecule has 4 heterocycles. The van der Waals surface area contributed by atoms with Gasteiger partial charge in [-0.3, -0.25) is 10.00 Å². The molecule has 21 heavy (non-hydrogen) atoms. The predicted octanol–water partition coefficient (Wildman–Crippen LogP) is 2.84. The lowest BCUT2D eigenvalue weighted by Crippen LogP contribution is -2.45. The quantitative estimate of drug-likeness (QED) is 0.927. The second-order valence-electron chi connectivity index (χ2n) is 6.17. The van der Waals surface area contributed by atoms with Crippen molar-refractivity contribution in [1.29, 1.82) is 0 Å². The standard InChI is InChI=1S/C16H21N3OS/c1-12-8-14-15(21-12)2-7-20-16(14)3-5-19(6-4-16)11-13-9-17-18-10-13/h8-10H,2-7,11H2,1H3,(H,17,18). The van der Waals surface area contributed by atoms with E-state index in [1.165, 1.54) is 16.0 Å². The summed E-state index contributed by atoms with van der Waals surface area (Å²) in [5.74, 6) is 0. The Morgan fingerprint density at radius 3 is 3.05 bits per heavy atom. The number of aromatic nitrogens is 2. The second kappa shape index (κ2) is 5.23. The molecule has 0 saturated carbocycles. The van der Waals surface area contributed by atoms with Crippen LogP contribution in [-0.2, 0) is 23.3 Å². The molecule has 1 saturated heterocycles. The Morgan fingerprint density at radius 1 is 1.43 bits per heavy atom. The zero-order valence-corrected chi connectivity index (χ0v) is 13.2. The fraction of sp³-hybridized carbons (Fsp3) is 0.562. The molecule has 1 fully saturated rings. The van der Waals surface area contributed by atoms with Crippen molar-refractivity contribution in [3.63, 3.8) is 0 Å². The highest BCUT2D eigenvalue weighted by atomic mass is 32.1. The summed E-state index contributed by atoms with van der Waals surface area (Å²) in [5, 5.41) is 6.92. The SMILES string of the molecule is Cc1cc2c(s1)CCOC21CCN(Cc2cn[nH]c2)CC1. The van der Waals surface area contributed by atoms with Gasteiger partial charge >= 0.3 is 0 Å². The molecular weight excluding hydrogens is 282 g/mol. The van der Waals surface area contributed by atoms with Crippen LogP contribution in [-0.4, -0.2) is 34.8 Å². The lowest BCUT2D eigenvalue weighted by atomic mass is 9.82. The van der Waals surface area contributed by atoms with Gasteiger partial charge in [-0.05, 0) is 31.4 Å². The van der Waals surface area contributed by atoms with Crippen molar-refractivity contribution >= 4 is 11.3 Å². The van der Waals surface area contributed by atoms with Gasteiger partial charge < -0.3 is 4.74 Å². The van der Waals surface area contributed by atoms with Crippen molar-refractivity contribution in [2.24, 2.45) is 0 Å². The summed E-state index contributed by atoms with van der Waals surface area (Å²) in [5.41, 5.74) is 2.74. The monoisotopic (exact) mass is 303 g/mol. The Hall–Kier alpha value is -1.17. The molecule has 4 rings (SSSR count). The molecule has 0 unspecified atom stereocenters. The smallest absolute Gasteiger partial charge is 0.0966 e. The minimum Gasteiger partial charge on any atom is -0.370 e. The summed E-state index contributed by atoms with van der Waals surface area (Å²) in [6, 6.07) is 2.37. The minimum absolute atomic E-state index is 0.00869. The van der Waals surface area contributed by atoms with Crippen molar-refractivity contribution in [3.05, 3.63) is 39.3 Å². The molecule has 0 aliphatic carbocycles. The fourth-order valence-electron chi connectivity index (χ4n) is 3.66. The average Bonchev–Trinajstić information content (AvgIpc) is 3.11. The Morgan fingerprint density at radius 2 is 2.29 bits per heavy atom. The first kappa shape index (κ1) is 13.5. The van der Waals surface area contributed by atoms with Gasteiger partial charge in [0.1, 0.15) is 0 Å². The van der Waals surface area contributed by atoms with E-state index in [2.05, 4.69) is 28.1 Å². The number of hydrogen-bond acceptors (Lipinski definition) is 4. The third-order valence-corrected chi connectivity index (χ3v) is 5.87. The molecule has 0 amide bonds. The zero-order valence-electron chi connectivity index (χ0n) is 12.4. The van der Waals surface area contributed by atoms with Gasteiger partial charge in [0.05, 0.1) is 18.4 Å². The highest BCUT2D eigenvalue weighted by Gasteiger charge is 2.41. The molecule has 0 atom stereocenters. The number of nitrogens with one attached hydrogen (secondary N) is 1. The van der Waals surface area contributed by atoms with Gasteiger partial charge in [-0.15, -0.1) is 11.3 Å². The van der Waals surface area contributed by atoms with Crippen LogP contribution in [0.4, 0.5) is 0 Å². The highest BCUT2D eigenvalue weighted by molar-refractivity contribution is 7.12. The van der Waals surface area contributed by atoms with E-state index in [4.69, 9.17) is 4.74 Å². The lowest BCUT2D eigenvalue weighted by molar-refractivity contribution is -0.0980. The number of thiophene rings is 1. The number of rotatable bonds is 2. The van der Waals surface area contributed by atoms with E-state index in [9.17, 15) is 0 Å². The predicted molar refractivity (Wildman–Crippen MR) is 83.5 cm³/mol. The van der Waals surface area contributed by atoms with E-state index in [-0.39, 0.29) is 5.60 Å². The molecule has 0 aromatic carbocycles. The number of likely N-dealkylation sites (tertiary alicyclic amines) is 1. The van der Waals surface area contributed by atoms with Crippen LogP contribution < -0.4 is 0 Å². The summed E-state index contributed by atoms with van der Waals surface area (Å²) < 4.78 is 6.29. The van der Waals surface area contributed by atoms with Crippen molar-refractivity contribution in [3.8, 4) is 0 Å². The number of piperidine rings is 1. The first-order valence-corrected chi connectivity index (χ1v) is 8.51. The van der Waals surface area contributed by atoms with Crippen LogP contribution in [0.5, 0.6) is 0 Å². The fourth-order valence-corrected chi connectivity index (χ4v) is 4.76. The van der Waals surface area contributed by atoms with E-state index >= 15 is 0 Å². The highest BCUT2D eigenvalue weighted by Crippen LogP contribution is 2.44. The summed E-state index contributed by atoms with van der Waals surface area (Å²) in [4.78, 5) is 5.49. The number of ether oxygens (including phenoxy) is 1. The first-order chi connectivity index (χ1) is 10.3. The van der Waals surface area contributed by atoms with Gasteiger partial charge in [0.2, 0.25) is 0 Å². The van der Waals surface area contributed by atoms with Gasteiger partial charge in [-0.1, -0.05) is 0 Å². The third-order valence-electron chi connectivity index (χ3n) is 4.76. The normalized spacial score (nSPS) is 21.6. The summed E-state index contributed by atoms with van der Waals surface area (Å²) >= 11 is 1.96. The van der Waals surface area contributed by atoms with Crippen LogP contribution >= 0.6 is 11.3 Å². The van der Waals surface area contributed by atoms with Gasteiger partial charge in [0, 0.05) is 47.6 Å². The third kappa shape index (κ3) is 2.43. The number of aryl methyl sites for hydroxylation is 1. The maximum atomic E-state index is 6.29. The van der Waals surface area contributed by atoms with Gasteiger partial charge in [0.25, 0.3) is 0 Å². The van der Waals surface area contributed by atoms with Crippen LogP contribution in [0, 0.1) is 6.92 Å². The Labute approximate surface area is 129 Å². The molecule has 0 radical (unpaired) electrons. The number of aromatic amines is 1. The number of nitrogens with zero attached hydrogens (tertiary/aromatic N) is 2. The lowest BCUT2D eigenvalue weighted by Gasteiger charge is -2.44. The van der Waals surface area contributed by atoms with Gasteiger partial charge in [-0.25, -0.2) is 0 Å². The van der Waals surface area contributed by atoms with Crippen molar-refractivity contribution in [1.82, 2.24) is 15.1 Å². The largest absolute Gasteiger partial charge is 0.370 e. The number of fused-ring (bicyclic) bond motifs is 2. The Bertz CT molecular complexity index is 612. The van der Waals surface area contributed by atoms with E-state index in [1.54, 1.807) is 4.88 Å². The number of hydrogen-bond donors (Lipinski definition) is 1. The van der Waals surface area contributed by atoms with Crippen LogP contribution in [0.25, 0.3) is 0 Å². The molecule has 2 aromatic heterocycles. The minimum atomic E-state index is -0.00869. The van der Waals surface area contributed by atoms with E-state index in [1.807, 2.05) is 23.7 Å². The Kier molecular flexibility index (Phi) is 3.36. The van der Waals surface area contributed by atoms with E-state index in [0.29, 0.717) is 0 Å². The van der Waals surface area contributed by atoms with Crippen LogP contribution in [0.15, 0.2) is 18.5 Å². The van der Waals surface area contributed by atoms with Crippen molar-refractivity contribution < 1.29 is 4.74 Å². The molecule has 2 aliphatic rings. The molecule has 112 valence electrons. The van der Waals surface area contributed by atoms with Crippen LogP contribution in [0.3, 0.4) is 0 Å². The maximum absolute atomic E-state index is 6.29. The molecule has 0 bridgehead atoms. The average molecular weight is 303 g/mol. The van der Waals surface area contributed by atoms with Crippen LogP contribution in [0.2, 0.25) is 0 Å².